The third-order valence-electron chi connectivity index (χ3n) is 2.15. The van der Waals surface area contributed by atoms with E-state index in [-0.39, 0.29) is 5.56 Å². The molecule has 3 nitrogen and oxygen atoms in total. The van der Waals surface area contributed by atoms with Crippen molar-refractivity contribution in [3.8, 4) is 0 Å². The zero-order chi connectivity index (χ0) is 12.0. The van der Waals surface area contributed by atoms with Crippen LogP contribution in [0.2, 0.25) is 0 Å². The standard InChI is InChI=1S/C12H16FNO2/c1-14(2)8-5-9-16-12(15)10-6-3-4-7-11(10)13/h3-4,6-7H,5,8-9H2,1-2H3/p+1. The summed E-state index contributed by atoms with van der Waals surface area (Å²) in [5.74, 6) is -1.13. The molecule has 0 atom stereocenters. The highest BCUT2D eigenvalue weighted by molar-refractivity contribution is 5.89. The van der Waals surface area contributed by atoms with Gasteiger partial charge in [-0.15, -0.1) is 0 Å². The van der Waals surface area contributed by atoms with Gasteiger partial charge in [-0.05, 0) is 12.1 Å². The lowest BCUT2D eigenvalue weighted by molar-refractivity contribution is -0.858. The van der Waals surface area contributed by atoms with Crippen LogP contribution < -0.4 is 4.90 Å². The van der Waals surface area contributed by atoms with Gasteiger partial charge < -0.3 is 9.64 Å². The van der Waals surface area contributed by atoms with Crippen molar-refractivity contribution in [2.45, 2.75) is 6.42 Å². The Morgan fingerprint density at radius 3 is 2.69 bits per heavy atom. The molecule has 0 unspecified atom stereocenters. The van der Waals surface area contributed by atoms with Gasteiger partial charge in [-0.3, -0.25) is 0 Å². The predicted molar refractivity (Wildman–Crippen MR) is 59.0 cm³/mol. The second kappa shape index (κ2) is 6.23. The fourth-order valence-corrected chi connectivity index (χ4v) is 1.30. The van der Waals surface area contributed by atoms with E-state index in [1.54, 1.807) is 12.1 Å². The summed E-state index contributed by atoms with van der Waals surface area (Å²) in [5.41, 5.74) is -0.000278. The molecule has 0 aliphatic rings. The van der Waals surface area contributed by atoms with Gasteiger partial charge in [-0.25, -0.2) is 9.18 Å². The van der Waals surface area contributed by atoms with E-state index in [0.29, 0.717) is 6.61 Å². The van der Waals surface area contributed by atoms with E-state index in [9.17, 15) is 9.18 Å². The molecule has 0 aromatic heterocycles. The van der Waals surface area contributed by atoms with Crippen LogP contribution >= 0.6 is 0 Å². The Bertz CT molecular complexity index is 353. The van der Waals surface area contributed by atoms with E-state index in [1.165, 1.54) is 17.0 Å². The van der Waals surface area contributed by atoms with E-state index >= 15 is 0 Å². The minimum absolute atomic E-state index is 0.000278. The maximum Gasteiger partial charge on any atom is 0.341 e. The van der Waals surface area contributed by atoms with Crippen molar-refractivity contribution < 1.29 is 18.8 Å². The first-order chi connectivity index (χ1) is 7.61. The van der Waals surface area contributed by atoms with Crippen molar-refractivity contribution in [3.05, 3.63) is 35.6 Å². The van der Waals surface area contributed by atoms with E-state index < -0.39 is 11.8 Å². The molecule has 1 aromatic rings. The van der Waals surface area contributed by atoms with Gasteiger partial charge in [0.05, 0.1) is 32.8 Å². The number of carbonyl (C=O) groups is 1. The Balaban J connectivity index is 2.39. The summed E-state index contributed by atoms with van der Waals surface area (Å²) in [6.45, 7) is 1.25. The van der Waals surface area contributed by atoms with Crippen LogP contribution in [0.25, 0.3) is 0 Å². The Hall–Kier alpha value is -1.42. The highest BCUT2D eigenvalue weighted by atomic mass is 19.1. The average molecular weight is 226 g/mol. The number of rotatable bonds is 5. The normalized spacial score (nSPS) is 10.5. The minimum atomic E-state index is -0.591. The van der Waals surface area contributed by atoms with Gasteiger partial charge in [0, 0.05) is 6.42 Å². The molecule has 0 bridgehead atoms. The number of esters is 1. The zero-order valence-electron chi connectivity index (χ0n) is 9.63. The number of benzene rings is 1. The molecular weight excluding hydrogens is 209 g/mol. The fraction of sp³-hybridized carbons (Fsp3) is 0.417. The highest BCUT2D eigenvalue weighted by Crippen LogP contribution is 2.07. The zero-order valence-corrected chi connectivity index (χ0v) is 9.63. The number of hydrogen-bond acceptors (Lipinski definition) is 2. The summed E-state index contributed by atoms with van der Waals surface area (Å²) in [5, 5.41) is 0. The van der Waals surface area contributed by atoms with Crippen molar-refractivity contribution in [3.63, 3.8) is 0 Å². The van der Waals surface area contributed by atoms with Crippen LogP contribution in [0.1, 0.15) is 16.8 Å². The lowest BCUT2D eigenvalue weighted by atomic mass is 10.2. The van der Waals surface area contributed by atoms with Crippen molar-refractivity contribution >= 4 is 5.97 Å². The van der Waals surface area contributed by atoms with E-state index in [4.69, 9.17) is 4.74 Å². The first kappa shape index (κ1) is 12.6. The van der Waals surface area contributed by atoms with Gasteiger partial charge >= 0.3 is 5.97 Å². The molecule has 0 aliphatic carbocycles. The second-order valence-electron chi connectivity index (χ2n) is 3.93. The predicted octanol–water partition coefficient (Wildman–Crippen LogP) is 0.517. The quantitative estimate of drug-likeness (QED) is 0.586. The smallest absolute Gasteiger partial charge is 0.341 e. The molecule has 0 amide bonds. The summed E-state index contributed by atoms with van der Waals surface area (Å²) in [6.07, 6.45) is 0.780. The number of halogens is 1. The van der Waals surface area contributed by atoms with Gasteiger partial charge in [0.2, 0.25) is 0 Å². The third-order valence-corrected chi connectivity index (χ3v) is 2.15. The molecule has 88 valence electrons. The number of ether oxygens (including phenoxy) is 1. The number of hydrogen-bond donors (Lipinski definition) is 1. The van der Waals surface area contributed by atoms with E-state index in [1.807, 2.05) is 14.1 Å². The summed E-state index contributed by atoms with van der Waals surface area (Å²) in [6, 6.07) is 5.83. The van der Waals surface area contributed by atoms with Crippen LogP contribution in [0.4, 0.5) is 4.39 Å². The maximum atomic E-state index is 13.2. The molecule has 0 spiro atoms. The number of nitrogens with one attached hydrogen (secondary N) is 1. The van der Waals surface area contributed by atoms with Crippen LogP contribution in [0.5, 0.6) is 0 Å². The highest BCUT2D eigenvalue weighted by Gasteiger charge is 2.11. The molecule has 0 fully saturated rings. The van der Waals surface area contributed by atoms with Crippen LogP contribution in [-0.4, -0.2) is 33.2 Å². The lowest BCUT2D eigenvalue weighted by Crippen LogP contribution is -3.05. The Morgan fingerprint density at radius 1 is 1.38 bits per heavy atom. The van der Waals surface area contributed by atoms with Crippen molar-refractivity contribution in [1.29, 1.82) is 0 Å². The van der Waals surface area contributed by atoms with E-state index in [0.717, 1.165) is 13.0 Å². The molecule has 0 aliphatic heterocycles. The fourth-order valence-electron chi connectivity index (χ4n) is 1.30. The summed E-state index contributed by atoms with van der Waals surface area (Å²) in [4.78, 5) is 12.7. The molecule has 1 rings (SSSR count). The largest absolute Gasteiger partial charge is 0.462 e. The average Bonchev–Trinajstić information content (AvgIpc) is 2.24. The molecule has 1 aromatic carbocycles. The molecular formula is C12H17FNO2+. The maximum absolute atomic E-state index is 13.2. The van der Waals surface area contributed by atoms with Crippen LogP contribution in [0.3, 0.4) is 0 Å². The Morgan fingerprint density at radius 2 is 2.06 bits per heavy atom. The summed E-state index contributed by atoms with van der Waals surface area (Å²) >= 11 is 0. The Labute approximate surface area is 94.8 Å². The van der Waals surface area contributed by atoms with Crippen LogP contribution in [0.15, 0.2) is 24.3 Å². The van der Waals surface area contributed by atoms with Gasteiger partial charge in [-0.2, -0.15) is 0 Å². The number of quaternary nitrogens is 1. The minimum Gasteiger partial charge on any atom is -0.462 e. The monoisotopic (exact) mass is 226 g/mol. The molecule has 0 saturated carbocycles. The molecule has 4 heteroatoms. The SMILES string of the molecule is C[NH+](C)CCCOC(=O)c1ccccc1F. The molecule has 16 heavy (non-hydrogen) atoms. The molecule has 1 N–H and O–H groups in total. The van der Waals surface area contributed by atoms with Crippen molar-refractivity contribution in [2.24, 2.45) is 0 Å². The molecule has 0 saturated heterocycles. The van der Waals surface area contributed by atoms with E-state index in [2.05, 4.69) is 0 Å². The van der Waals surface area contributed by atoms with Gasteiger partial charge in [0.25, 0.3) is 0 Å². The first-order valence-corrected chi connectivity index (χ1v) is 5.32. The second-order valence-corrected chi connectivity index (χ2v) is 3.93. The van der Waals surface area contributed by atoms with Crippen LogP contribution in [-0.2, 0) is 4.74 Å². The third kappa shape index (κ3) is 3.98. The lowest BCUT2D eigenvalue weighted by Gasteiger charge is -2.08. The summed E-state index contributed by atoms with van der Waals surface area (Å²) < 4.78 is 18.1. The van der Waals surface area contributed by atoms with Crippen molar-refractivity contribution in [1.82, 2.24) is 0 Å². The van der Waals surface area contributed by atoms with Gasteiger partial charge in [-0.1, -0.05) is 12.1 Å². The van der Waals surface area contributed by atoms with Crippen LogP contribution in [0, 0.1) is 5.82 Å². The Kier molecular flexibility index (Phi) is 4.92. The molecule has 0 heterocycles. The van der Waals surface area contributed by atoms with Crippen molar-refractivity contribution in [2.75, 3.05) is 27.2 Å². The van der Waals surface area contributed by atoms with Gasteiger partial charge in [0.1, 0.15) is 5.82 Å². The topological polar surface area (TPSA) is 30.7 Å². The molecule has 0 radical (unpaired) electrons. The summed E-state index contributed by atoms with van der Waals surface area (Å²) in [7, 11) is 4.05. The van der Waals surface area contributed by atoms with Gasteiger partial charge in [0.15, 0.2) is 0 Å². The first-order valence-electron chi connectivity index (χ1n) is 5.32. The number of carbonyl (C=O) groups excluding carboxylic acids is 1.